The molecule has 0 atom stereocenters. The number of hydrogen-bond acceptors (Lipinski definition) is 4. The van der Waals surface area contributed by atoms with E-state index in [-0.39, 0.29) is 0 Å². The summed E-state index contributed by atoms with van der Waals surface area (Å²) in [6, 6.07) is 6.18. The van der Waals surface area contributed by atoms with E-state index in [1.165, 1.54) is 11.3 Å². The summed E-state index contributed by atoms with van der Waals surface area (Å²) in [5.41, 5.74) is 3.41. The number of nitrogens with zero attached hydrogens (tertiary/aromatic N) is 3. The van der Waals surface area contributed by atoms with Crippen molar-refractivity contribution in [2.75, 3.05) is 9.89 Å². The first-order valence-corrected chi connectivity index (χ1v) is 6.76. The van der Waals surface area contributed by atoms with E-state index in [2.05, 4.69) is 32.0 Å². The predicted molar refractivity (Wildman–Crippen MR) is 62.3 cm³/mol. The third-order valence-corrected chi connectivity index (χ3v) is 3.28. The topological polar surface area (TPSA) is 42.2 Å². The average molecular weight is 426 g/mol. The van der Waals surface area contributed by atoms with E-state index in [4.69, 9.17) is 4.52 Å². The molecule has 1 aromatic heterocycles. The number of benzene rings is 1. The molecular formula is C12H14AtN3O. The van der Waals surface area contributed by atoms with E-state index in [0.717, 1.165) is 17.8 Å². The van der Waals surface area contributed by atoms with Gasteiger partial charge >= 0.3 is 117 Å². The van der Waals surface area contributed by atoms with E-state index < -0.39 is 0 Å². The molecule has 0 radical (unpaired) electrons. The van der Waals surface area contributed by atoms with Gasteiger partial charge in [0.05, 0.1) is 0 Å². The molecule has 0 spiro atoms. The minimum atomic E-state index is 0.594. The van der Waals surface area contributed by atoms with Gasteiger partial charge in [0.25, 0.3) is 0 Å². The first-order chi connectivity index (χ1) is 8.11. The third kappa shape index (κ3) is 2.66. The fourth-order valence-electron chi connectivity index (χ4n) is 1.59. The molecule has 0 aliphatic carbocycles. The molecule has 1 aromatic carbocycles. The van der Waals surface area contributed by atoms with Gasteiger partial charge in [-0.2, -0.15) is 0 Å². The molecule has 0 amide bonds. The van der Waals surface area contributed by atoms with Crippen LogP contribution in [0.1, 0.15) is 18.3 Å². The maximum atomic E-state index is 5.24. The molecule has 0 N–H and O–H groups in total. The monoisotopic (exact) mass is 426 g/mol. The Morgan fingerprint density at radius 2 is 2.18 bits per heavy atom. The molecule has 0 fully saturated rings. The van der Waals surface area contributed by atoms with E-state index >= 15 is 0 Å². The zero-order valence-electron chi connectivity index (χ0n) is 10.1. The fourth-order valence-corrected chi connectivity index (χ4v) is 2.30. The van der Waals surface area contributed by atoms with Crippen molar-refractivity contribution in [1.82, 2.24) is 10.1 Å². The first-order valence-electron chi connectivity index (χ1n) is 5.45. The van der Waals surface area contributed by atoms with Crippen molar-refractivity contribution in [2.45, 2.75) is 20.3 Å². The van der Waals surface area contributed by atoms with Gasteiger partial charge in [-0.05, 0) is 0 Å². The summed E-state index contributed by atoms with van der Waals surface area (Å²) in [6.45, 7) is 4.11. The van der Waals surface area contributed by atoms with E-state index in [0.29, 0.717) is 5.89 Å². The summed E-state index contributed by atoms with van der Waals surface area (Å²) in [6.07, 6.45) is 0.790. The Labute approximate surface area is 116 Å². The van der Waals surface area contributed by atoms with Gasteiger partial charge in [-0.1, -0.05) is 0 Å². The molecule has 17 heavy (non-hydrogen) atoms. The molecule has 0 unspecified atom stereocenters. The minimum absolute atomic E-state index is 0.594. The van der Waals surface area contributed by atoms with Crippen LogP contribution in [0.15, 0.2) is 22.7 Å². The van der Waals surface area contributed by atoms with Crippen LogP contribution >= 0.6 is 0 Å². The second-order valence-electron chi connectivity index (χ2n) is 3.85. The summed E-state index contributed by atoms with van der Waals surface area (Å²) >= 11 is 1.61. The van der Waals surface area contributed by atoms with Crippen LogP contribution in [0.5, 0.6) is 0 Å². The molecule has 1 heterocycles. The zero-order valence-corrected chi connectivity index (χ0v) is 13.0. The Morgan fingerprint density at radius 3 is 2.76 bits per heavy atom. The van der Waals surface area contributed by atoms with Gasteiger partial charge in [-0.25, -0.2) is 0 Å². The SMILES string of the molecule is CCc1noc(-c2ccc(C)c(N(C)[At])c2)n1. The number of aryl methyl sites for hydroxylation is 2. The van der Waals surface area contributed by atoms with Gasteiger partial charge in [0, 0.05) is 0 Å². The van der Waals surface area contributed by atoms with Crippen LogP contribution < -0.4 is 2.84 Å². The van der Waals surface area contributed by atoms with Crippen molar-refractivity contribution in [1.29, 1.82) is 0 Å². The molecular weight excluding hydrogens is 412 g/mol. The van der Waals surface area contributed by atoms with Crippen molar-refractivity contribution in [3.8, 4) is 11.5 Å². The van der Waals surface area contributed by atoms with Crippen molar-refractivity contribution >= 4 is 5.69 Å². The molecule has 2 aromatic rings. The molecule has 0 saturated carbocycles. The molecule has 4 nitrogen and oxygen atoms in total. The summed E-state index contributed by atoms with van der Waals surface area (Å²) < 4.78 is 7.38. The molecule has 0 bridgehead atoms. The van der Waals surface area contributed by atoms with Crippen LogP contribution in [0, 0.1) is 31.9 Å². The third-order valence-electron chi connectivity index (χ3n) is 2.57. The van der Waals surface area contributed by atoms with Crippen molar-refractivity contribution in [3.63, 3.8) is 0 Å². The molecule has 90 valence electrons. The number of rotatable bonds is 3. The van der Waals surface area contributed by atoms with Crippen LogP contribution in [-0.2, 0) is 6.42 Å². The quantitative estimate of drug-likeness (QED) is 0.757. The second kappa shape index (κ2) is 5.13. The number of hydrogen-bond donors (Lipinski definition) is 0. The van der Waals surface area contributed by atoms with Gasteiger partial charge < -0.3 is 0 Å². The van der Waals surface area contributed by atoms with Crippen LogP contribution in [0.3, 0.4) is 0 Å². The van der Waals surface area contributed by atoms with Gasteiger partial charge in [0.1, 0.15) is 0 Å². The van der Waals surface area contributed by atoms with Gasteiger partial charge in [0.15, 0.2) is 0 Å². The van der Waals surface area contributed by atoms with Crippen LogP contribution in [0.2, 0.25) is 0 Å². The number of anilines is 1. The first kappa shape index (κ1) is 12.5. The summed E-state index contributed by atoms with van der Waals surface area (Å²) in [5.74, 6) is 1.34. The molecule has 2 rings (SSSR count). The van der Waals surface area contributed by atoms with Gasteiger partial charge in [-0.15, -0.1) is 0 Å². The fraction of sp³-hybridized carbons (Fsp3) is 0.333. The molecule has 0 aliphatic rings. The second-order valence-corrected chi connectivity index (χ2v) is 5.82. The Bertz CT molecular complexity index is 522. The van der Waals surface area contributed by atoms with E-state index in [9.17, 15) is 0 Å². The molecule has 0 aliphatic heterocycles. The van der Waals surface area contributed by atoms with Crippen molar-refractivity contribution in [3.05, 3.63) is 29.6 Å². The van der Waals surface area contributed by atoms with E-state index in [1.807, 2.05) is 20.0 Å². The normalized spacial score (nSPS) is 10.6. The molecule has 0 saturated heterocycles. The van der Waals surface area contributed by atoms with Crippen LogP contribution in [0.4, 0.5) is 5.69 Å². The van der Waals surface area contributed by atoms with Gasteiger partial charge in [0.2, 0.25) is 0 Å². The van der Waals surface area contributed by atoms with Gasteiger partial charge in [-0.3, -0.25) is 0 Å². The van der Waals surface area contributed by atoms with Crippen LogP contribution in [-0.4, -0.2) is 17.2 Å². The Balaban J connectivity index is 2.42. The maximum absolute atomic E-state index is 5.24. The Hall–Kier alpha value is -0.957. The Kier molecular flexibility index (Phi) is 3.77. The average Bonchev–Trinajstić information content (AvgIpc) is 2.78. The summed E-state index contributed by atoms with van der Waals surface area (Å²) in [5, 5.41) is 3.91. The number of aromatic nitrogens is 2. The molecule has 5 heteroatoms. The predicted octanol–water partition coefficient (Wildman–Crippen LogP) is 2.51. The standard InChI is InChI=1S/C12H14AtN3O/c1-4-11-14-12(17-15-11)9-6-5-8(2)10(7-9)16(3)13/h5-7H,4H2,1-3H3. The van der Waals surface area contributed by atoms with Crippen LogP contribution in [0.25, 0.3) is 11.5 Å². The van der Waals surface area contributed by atoms with Crippen molar-refractivity contribution < 1.29 is 29.5 Å². The van der Waals surface area contributed by atoms with E-state index in [1.54, 1.807) is 25.0 Å². The summed E-state index contributed by atoms with van der Waals surface area (Å²) in [4.78, 5) is 4.34. The Morgan fingerprint density at radius 1 is 1.41 bits per heavy atom. The zero-order chi connectivity index (χ0) is 12.4. The van der Waals surface area contributed by atoms with Crippen molar-refractivity contribution in [2.24, 2.45) is 0 Å². The summed E-state index contributed by atoms with van der Waals surface area (Å²) in [7, 11) is 2.05.